The first-order valence-electron chi connectivity index (χ1n) is 29.6. The van der Waals surface area contributed by atoms with Crippen LogP contribution in [0.5, 0.6) is 17.2 Å². The number of ether oxygens (including phenoxy) is 9. The van der Waals surface area contributed by atoms with E-state index in [1.54, 1.807) is 58.4 Å². The molecular weight excluding hydrogens is 1140 g/mol. The van der Waals surface area contributed by atoms with E-state index in [4.69, 9.17) is 42.6 Å². The Morgan fingerprint density at radius 1 is 0.791 bits per heavy atom. The predicted molar refractivity (Wildman–Crippen MR) is 316 cm³/mol. The van der Waals surface area contributed by atoms with Crippen LogP contribution in [0.4, 0.5) is 9.59 Å². The number of aromatic nitrogens is 2. The largest absolute Gasteiger partial charge is 0.493 e. The quantitative estimate of drug-likeness (QED) is 0.0231. The lowest BCUT2D eigenvalue weighted by Crippen LogP contribution is -2.53. The lowest BCUT2D eigenvalue weighted by atomic mass is 9.84. The number of thioether (sulfide) groups is 1. The Hall–Kier alpha value is -7.00. The molecule has 86 heavy (non-hydrogen) atoms. The molecule has 3 aromatic rings. The van der Waals surface area contributed by atoms with Crippen LogP contribution < -0.4 is 40.8 Å². The van der Waals surface area contributed by atoms with Crippen molar-refractivity contribution in [3.05, 3.63) is 71.8 Å². The van der Waals surface area contributed by atoms with Crippen LogP contribution in [0.3, 0.4) is 0 Å². The molecule has 3 aliphatic heterocycles. The highest BCUT2D eigenvalue weighted by atomic mass is 32.2. The minimum Gasteiger partial charge on any atom is -0.493 e. The second-order valence-electron chi connectivity index (χ2n) is 21.5. The van der Waals surface area contributed by atoms with E-state index in [9.17, 15) is 38.4 Å². The molecule has 5 atom stereocenters. The number of rotatable bonds is 39. The molecule has 0 unspecified atom stereocenters. The van der Waals surface area contributed by atoms with E-state index < -0.39 is 41.3 Å². The van der Waals surface area contributed by atoms with Gasteiger partial charge in [0.15, 0.2) is 18.1 Å². The van der Waals surface area contributed by atoms with Gasteiger partial charge in [-0.1, -0.05) is 45.4 Å². The third-order valence-electron chi connectivity index (χ3n) is 14.9. The van der Waals surface area contributed by atoms with Crippen molar-refractivity contribution < 1.29 is 81.0 Å². The van der Waals surface area contributed by atoms with Crippen molar-refractivity contribution in [2.45, 2.75) is 121 Å². The molecule has 25 nitrogen and oxygen atoms in total. The zero-order valence-corrected chi connectivity index (χ0v) is 51.0. The Morgan fingerprint density at radius 3 is 2.19 bits per heavy atom. The minimum absolute atomic E-state index is 0.00641. The first-order chi connectivity index (χ1) is 41.6. The van der Waals surface area contributed by atoms with Gasteiger partial charge in [-0.25, -0.2) is 23.9 Å². The fourth-order valence-electron chi connectivity index (χ4n) is 9.69. The molecule has 0 saturated carbocycles. The maximum absolute atomic E-state index is 14.0. The van der Waals surface area contributed by atoms with Gasteiger partial charge in [0.2, 0.25) is 17.6 Å². The summed E-state index contributed by atoms with van der Waals surface area (Å²) in [6.07, 6.45) is 7.29. The molecule has 3 saturated heterocycles. The number of piperidine rings is 1. The van der Waals surface area contributed by atoms with E-state index in [0.29, 0.717) is 105 Å². The Bertz CT molecular complexity index is 2690. The molecule has 0 aliphatic carbocycles. The van der Waals surface area contributed by atoms with Crippen LogP contribution in [0.15, 0.2) is 55.0 Å². The summed E-state index contributed by atoms with van der Waals surface area (Å²) in [5.74, 6) is -0.100. The number of fused-ring (bicyclic) bond motifs is 1. The van der Waals surface area contributed by atoms with Crippen LogP contribution in [-0.4, -0.2) is 198 Å². The average Bonchev–Trinajstić information content (AvgIpc) is 2.91. The number of methoxy groups -OCH3 is 2. The topological polar surface area (TPSA) is 301 Å². The zero-order valence-electron chi connectivity index (χ0n) is 50.2. The fourth-order valence-corrected chi connectivity index (χ4v) is 11.2. The summed E-state index contributed by atoms with van der Waals surface area (Å²) < 4.78 is 51.5. The summed E-state index contributed by atoms with van der Waals surface area (Å²) in [6.45, 7) is 8.20. The number of likely N-dealkylation sites (tertiary alicyclic amines) is 1. The third-order valence-corrected chi connectivity index (χ3v) is 16.4. The Balaban J connectivity index is 0.772. The maximum atomic E-state index is 14.0. The van der Waals surface area contributed by atoms with Gasteiger partial charge in [-0.15, -0.1) is 0 Å². The number of hydrogen-bond donors (Lipinski definition) is 5. The SMILES string of the molecule is CCC(C)(C)C(=O)C(=O)N1CCCC[C@H]1C(=O)O[C@@H](CCc1ccc(OC)c(OC)c1)c1cccc(OCC(=O)NCCOCCOCCOCCNC(=O)Cc2cn(C(=O)OCCOCCNC(=O)CCCC[C@@H]3SC[C@@H]4NC(=O)N[C@@H]43)cn2)c1. The monoisotopic (exact) mass is 1220 g/mol. The number of nitrogens with one attached hydrogen (secondary N) is 5. The van der Waals surface area contributed by atoms with E-state index in [-0.39, 0.29) is 108 Å². The van der Waals surface area contributed by atoms with Crippen LogP contribution in [0.1, 0.15) is 101 Å². The van der Waals surface area contributed by atoms with E-state index >= 15 is 0 Å². The third kappa shape index (κ3) is 22.4. The molecule has 6 rings (SSSR count). The smallest absolute Gasteiger partial charge is 0.419 e. The summed E-state index contributed by atoms with van der Waals surface area (Å²) in [5, 5.41) is 14.6. The fraction of sp³-hybridized carbons (Fsp3) is 0.617. The first-order valence-corrected chi connectivity index (χ1v) is 30.6. The van der Waals surface area contributed by atoms with Crippen LogP contribution >= 0.6 is 11.8 Å². The molecule has 0 bridgehead atoms. The number of nitrogens with zero attached hydrogens (tertiary/aromatic N) is 3. The normalized spacial score (nSPS) is 17.5. The molecule has 4 heterocycles. The Labute approximate surface area is 507 Å². The van der Waals surface area contributed by atoms with Gasteiger partial charge in [0.1, 0.15) is 30.8 Å². The van der Waals surface area contributed by atoms with Gasteiger partial charge in [0.25, 0.3) is 11.8 Å². The first kappa shape index (κ1) is 68.1. The van der Waals surface area contributed by atoms with Crippen molar-refractivity contribution >= 4 is 59.3 Å². The molecule has 474 valence electrons. The van der Waals surface area contributed by atoms with Crippen LogP contribution in [0, 0.1) is 5.41 Å². The van der Waals surface area contributed by atoms with Gasteiger partial charge in [-0.05, 0) is 86.8 Å². The molecule has 6 amide bonds. The van der Waals surface area contributed by atoms with E-state index in [0.717, 1.165) is 35.1 Å². The molecule has 2 aromatic carbocycles. The van der Waals surface area contributed by atoms with Crippen LogP contribution in [0.25, 0.3) is 0 Å². The summed E-state index contributed by atoms with van der Waals surface area (Å²) >= 11 is 1.86. The number of Topliss-reactive ketones (excluding diaryl/α,β-unsaturated/α-hetero) is 1. The van der Waals surface area contributed by atoms with E-state index in [1.807, 2.05) is 30.8 Å². The number of unbranched alkanes of at least 4 members (excludes halogenated alkanes) is 1. The lowest BCUT2D eigenvalue weighted by Gasteiger charge is -2.36. The minimum atomic E-state index is -0.916. The van der Waals surface area contributed by atoms with Crippen molar-refractivity contribution in [2.75, 3.05) is 112 Å². The number of carbonyl (C=O) groups is 8. The molecular formula is C60H86N8O17S. The van der Waals surface area contributed by atoms with Gasteiger partial charge >= 0.3 is 18.1 Å². The molecule has 3 aliphatic rings. The molecule has 5 N–H and O–H groups in total. The molecule has 1 aromatic heterocycles. The van der Waals surface area contributed by atoms with E-state index in [2.05, 4.69) is 31.6 Å². The number of hydrogen-bond acceptors (Lipinski definition) is 19. The number of urea groups is 1. The maximum Gasteiger partial charge on any atom is 0.419 e. The number of aryl methyl sites for hydroxylation is 1. The molecule has 0 spiro atoms. The number of imidazole rings is 1. The number of ketones is 1. The van der Waals surface area contributed by atoms with Crippen LogP contribution in [-0.2, 0) is 70.0 Å². The van der Waals surface area contributed by atoms with E-state index in [1.165, 1.54) is 17.4 Å². The van der Waals surface area contributed by atoms with Crippen molar-refractivity contribution in [2.24, 2.45) is 5.41 Å². The summed E-state index contributed by atoms with van der Waals surface area (Å²) in [5.41, 5.74) is 1.04. The average molecular weight is 1220 g/mol. The number of esters is 1. The zero-order chi connectivity index (χ0) is 61.7. The number of amides is 6. The van der Waals surface area contributed by atoms with Crippen molar-refractivity contribution in [3.63, 3.8) is 0 Å². The predicted octanol–water partition coefficient (Wildman–Crippen LogP) is 4.25. The van der Waals surface area contributed by atoms with Gasteiger partial charge < -0.3 is 74.1 Å². The highest BCUT2D eigenvalue weighted by Crippen LogP contribution is 2.35. The highest BCUT2D eigenvalue weighted by Gasteiger charge is 2.43. The number of carbonyl (C=O) groups excluding carboxylic acids is 8. The lowest BCUT2D eigenvalue weighted by molar-refractivity contribution is -0.164. The van der Waals surface area contributed by atoms with Gasteiger partial charge in [0, 0.05) is 55.2 Å². The van der Waals surface area contributed by atoms with Crippen LogP contribution in [0.2, 0.25) is 0 Å². The standard InChI is InChI=1S/C60H86N8O17S/c1-6-60(2,3)55(72)56(73)68-24-10-9-14-46(68)57(74)85-47(19-17-41-18-20-48(77-4)49(34-41)78-5)42-12-11-13-44(35-42)84-38-53(71)63-23-27-80-29-31-82-30-28-79-26-22-62-52(70)36-43-37-67(40-64-43)59(76)83-33-32-81-25-21-61-51(69)16-8-7-15-50-54-45(39-86-50)65-58(75)66-54/h11-13,18,20,34-35,37,40,45-47,50,54H,6-10,14-17,19,21-33,36,38-39H2,1-5H3,(H,61,69)(H,62,70)(H,63,71)(H2,65,66,75)/t45-,46-,47-,50-,54-/m0/s1. The molecule has 26 heteroatoms. The summed E-state index contributed by atoms with van der Waals surface area (Å²) in [7, 11) is 3.11. The Kier molecular flexibility index (Phi) is 28.7. The van der Waals surface area contributed by atoms with Crippen molar-refractivity contribution in [1.82, 2.24) is 41.0 Å². The van der Waals surface area contributed by atoms with Crippen molar-refractivity contribution in [1.29, 1.82) is 0 Å². The summed E-state index contributed by atoms with van der Waals surface area (Å²) in [4.78, 5) is 108. The molecule has 3 fully saturated rings. The van der Waals surface area contributed by atoms with Gasteiger partial charge in [-0.3, -0.25) is 24.0 Å². The van der Waals surface area contributed by atoms with Crippen molar-refractivity contribution in [3.8, 4) is 17.2 Å². The van der Waals surface area contributed by atoms with Gasteiger partial charge in [0.05, 0.1) is 91.3 Å². The highest BCUT2D eigenvalue weighted by molar-refractivity contribution is 8.00. The van der Waals surface area contributed by atoms with Gasteiger partial charge in [-0.2, -0.15) is 11.8 Å². The number of benzene rings is 2. The summed E-state index contributed by atoms with van der Waals surface area (Å²) in [6, 6.07) is 11.9. The second kappa shape index (κ2) is 36.2. The Morgan fingerprint density at radius 2 is 1.48 bits per heavy atom. The molecule has 0 radical (unpaired) electrons. The second-order valence-corrected chi connectivity index (χ2v) is 22.8.